The number of nitrogens with zero attached hydrogens (tertiary/aromatic N) is 1. The van der Waals surface area contributed by atoms with E-state index in [1.165, 1.54) is 18.2 Å². The number of hydrogen-bond acceptors (Lipinski definition) is 4. The predicted octanol–water partition coefficient (Wildman–Crippen LogP) is 2.90. The topological polar surface area (TPSA) is 81.5 Å². The van der Waals surface area contributed by atoms with Gasteiger partial charge in [-0.05, 0) is 34.3 Å². The third-order valence-electron chi connectivity index (χ3n) is 2.53. The summed E-state index contributed by atoms with van der Waals surface area (Å²) in [4.78, 5) is 21.7. The van der Waals surface area contributed by atoms with E-state index in [9.17, 15) is 14.9 Å². The Morgan fingerprint density at radius 1 is 1.50 bits per heavy atom. The number of ether oxygens (including phenoxy) is 1. The zero-order valence-corrected chi connectivity index (χ0v) is 13.0. The number of carbonyl (C=O) groups excluding carboxylic acids is 1. The number of hydrogen-bond donors (Lipinski definition) is 1. The van der Waals surface area contributed by atoms with Crippen molar-refractivity contribution in [2.75, 3.05) is 13.2 Å². The van der Waals surface area contributed by atoms with Crippen molar-refractivity contribution in [2.45, 2.75) is 20.3 Å². The number of rotatable bonds is 7. The molecule has 0 spiro atoms. The highest BCUT2D eigenvalue weighted by Gasteiger charge is 2.11. The lowest BCUT2D eigenvalue weighted by Gasteiger charge is -2.09. The van der Waals surface area contributed by atoms with Gasteiger partial charge >= 0.3 is 0 Å². The van der Waals surface area contributed by atoms with E-state index in [-0.39, 0.29) is 24.0 Å². The summed E-state index contributed by atoms with van der Waals surface area (Å²) in [7, 11) is 0. The molecule has 20 heavy (non-hydrogen) atoms. The van der Waals surface area contributed by atoms with Crippen molar-refractivity contribution in [1.29, 1.82) is 0 Å². The smallest absolute Gasteiger partial charge is 0.273 e. The van der Waals surface area contributed by atoms with Gasteiger partial charge in [-0.15, -0.1) is 0 Å². The third kappa shape index (κ3) is 5.56. The van der Waals surface area contributed by atoms with Crippen LogP contribution in [0.25, 0.3) is 0 Å². The Labute approximate surface area is 125 Å². The molecule has 0 aliphatic carbocycles. The van der Waals surface area contributed by atoms with Gasteiger partial charge in [0.2, 0.25) is 0 Å². The summed E-state index contributed by atoms with van der Waals surface area (Å²) in [6.07, 6.45) is 0.895. The Bertz CT molecular complexity index is 491. The molecule has 0 aliphatic heterocycles. The van der Waals surface area contributed by atoms with Gasteiger partial charge in [0.1, 0.15) is 5.75 Å². The fourth-order valence-electron chi connectivity index (χ4n) is 1.41. The highest BCUT2D eigenvalue weighted by Crippen LogP contribution is 2.29. The molecule has 0 saturated carbocycles. The number of halogens is 1. The Kier molecular flexibility index (Phi) is 6.44. The lowest BCUT2D eigenvalue weighted by atomic mass is 10.1. The summed E-state index contributed by atoms with van der Waals surface area (Å²) in [6, 6.07) is 4.16. The Morgan fingerprint density at radius 3 is 2.80 bits per heavy atom. The van der Waals surface area contributed by atoms with Crippen molar-refractivity contribution in [3.8, 4) is 5.75 Å². The maximum Gasteiger partial charge on any atom is 0.273 e. The molecule has 1 N–H and O–H groups in total. The summed E-state index contributed by atoms with van der Waals surface area (Å²) in [5.41, 5.74) is -0.0802. The number of nitro groups is 1. The first-order valence-corrected chi connectivity index (χ1v) is 7.03. The van der Waals surface area contributed by atoms with Gasteiger partial charge in [-0.25, -0.2) is 0 Å². The predicted molar refractivity (Wildman–Crippen MR) is 78.8 cm³/mol. The van der Waals surface area contributed by atoms with Crippen LogP contribution in [0.3, 0.4) is 0 Å². The van der Waals surface area contributed by atoms with Crippen molar-refractivity contribution in [3.05, 3.63) is 32.8 Å². The number of nitro benzene ring substituents is 1. The fraction of sp³-hybridized carbons (Fsp3) is 0.462. The maximum absolute atomic E-state index is 11.5. The van der Waals surface area contributed by atoms with Gasteiger partial charge in [0.15, 0.2) is 6.61 Å². The lowest BCUT2D eigenvalue weighted by Crippen LogP contribution is -2.30. The van der Waals surface area contributed by atoms with Crippen LogP contribution in [0.1, 0.15) is 20.3 Å². The molecule has 1 amide bonds. The molecule has 1 aromatic carbocycles. The average Bonchev–Trinajstić information content (AvgIpc) is 2.37. The van der Waals surface area contributed by atoms with Gasteiger partial charge in [-0.3, -0.25) is 14.9 Å². The number of amides is 1. The van der Waals surface area contributed by atoms with Crippen LogP contribution in [0.4, 0.5) is 5.69 Å². The first kappa shape index (κ1) is 16.4. The minimum Gasteiger partial charge on any atom is -0.482 e. The number of carbonyl (C=O) groups is 1. The third-order valence-corrected chi connectivity index (χ3v) is 3.18. The molecule has 1 aromatic rings. The van der Waals surface area contributed by atoms with E-state index in [1.54, 1.807) is 0 Å². The molecule has 0 fully saturated rings. The molecule has 7 heteroatoms. The molecule has 1 rings (SSSR count). The molecule has 0 bridgehead atoms. The Balaban J connectivity index is 2.50. The molecule has 0 heterocycles. The number of non-ortho nitro benzene ring substituents is 1. The van der Waals surface area contributed by atoms with Crippen LogP contribution in [-0.2, 0) is 4.79 Å². The summed E-state index contributed by atoms with van der Waals surface area (Å²) >= 11 is 3.22. The van der Waals surface area contributed by atoms with Crippen molar-refractivity contribution in [2.24, 2.45) is 5.92 Å². The molecule has 0 radical (unpaired) electrons. The second-order valence-corrected chi connectivity index (χ2v) is 5.55. The van der Waals surface area contributed by atoms with Gasteiger partial charge in [0.05, 0.1) is 15.5 Å². The first-order valence-electron chi connectivity index (χ1n) is 6.23. The van der Waals surface area contributed by atoms with Crippen LogP contribution in [-0.4, -0.2) is 24.0 Å². The minimum atomic E-state index is -0.512. The van der Waals surface area contributed by atoms with E-state index in [0.29, 0.717) is 16.9 Å². The first-order chi connectivity index (χ1) is 9.40. The van der Waals surface area contributed by atoms with Gasteiger partial charge in [-0.2, -0.15) is 0 Å². The molecule has 0 aromatic heterocycles. The van der Waals surface area contributed by atoms with Crippen molar-refractivity contribution in [3.63, 3.8) is 0 Å². The van der Waals surface area contributed by atoms with Crippen LogP contribution in [0, 0.1) is 16.0 Å². The van der Waals surface area contributed by atoms with Gasteiger partial charge in [0.25, 0.3) is 11.6 Å². The SMILES string of the molecule is CC(C)CCNC(=O)COc1cc([N+](=O)[O-])ccc1Br. The monoisotopic (exact) mass is 344 g/mol. The fourth-order valence-corrected chi connectivity index (χ4v) is 1.77. The zero-order chi connectivity index (χ0) is 15.1. The van der Waals surface area contributed by atoms with Gasteiger partial charge in [0, 0.05) is 12.6 Å². The number of benzene rings is 1. The van der Waals surface area contributed by atoms with Crippen LogP contribution >= 0.6 is 15.9 Å². The summed E-state index contributed by atoms with van der Waals surface area (Å²) in [6.45, 7) is 4.57. The molecular weight excluding hydrogens is 328 g/mol. The molecular formula is C13H17BrN2O4. The second kappa shape index (κ2) is 7.84. The van der Waals surface area contributed by atoms with E-state index in [1.807, 2.05) is 0 Å². The van der Waals surface area contributed by atoms with E-state index >= 15 is 0 Å². The normalized spacial score (nSPS) is 10.4. The Morgan fingerprint density at radius 2 is 2.20 bits per heavy atom. The lowest BCUT2D eigenvalue weighted by molar-refractivity contribution is -0.385. The zero-order valence-electron chi connectivity index (χ0n) is 11.4. The van der Waals surface area contributed by atoms with Gasteiger partial charge < -0.3 is 10.1 Å². The summed E-state index contributed by atoms with van der Waals surface area (Å²) in [5, 5.41) is 13.4. The van der Waals surface area contributed by atoms with Crippen molar-refractivity contribution in [1.82, 2.24) is 5.32 Å². The van der Waals surface area contributed by atoms with Crippen LogP contribution in [0.15, 0.2) is 22.7 Å². The molecule has 0 atom stereocenters. The summed E-state index contributed by atoms with van der Waals surface area (Å²) in [5.74, 6) is 0.546. The summed E-state index contributed by atoms with van der Waals surface area (Å²) < 4.78 is 5.85. The minimum absolute atomic E-state index is 0.0802. The van der Waals surface area contributed by atoms with Crippen LogP contribution in [0.2, 0.25) is 0 Å². The highest BCUT2D eigenvalue weighted by atomic mass is 79.9. The van der Waals surface area contributed by atoms with E-state index < -0.39 is 4.92 Å². The largest absolute Gasteiger partial charge is 0.482 e. The van der Waals surface area contributed by atoms with E-state index in [4.69, 9.17) is 4.74 Å². The Hall–Kier alpha value is -1.63. The molecule has 0 unspecified atom stereocenters. The molecule has 0 saturated heterocycles. The molecule has 110 valence electrons. The van der Waals surface area contributed by atoms with Crippen molar-refractivity contribution < 1.29 is 14.5 Å². The quantitative estimate of drug-likeness (QED) is 0.609. The van der Waals surface area contributed by atoms with Crippen LogP contribution < -0.4 is 10.1 Å². The molecule has 6 nitrogen and oxygen atoms in total. The highest BCUT2D eigenvalue weighted by molar-refractivity contribution is 9.10. The second-order valence-electron chi connectivity index (χ2n) is 4.69. The van der Waals surface area contributed by atoms with Crippen molar-refractivity contribution >= 4 is 27.5 Å². The average molecular weight is 345 g/mol. The standard InChI is InChI=1S/C13H17BrN2O4/c1-9(2)5-6-15-13(17)8-20-12-7-10(16(18)19)3-4-11(12)14/h3-4,7,9H,5-6,8H2,1-2H3,(H,15,17). The van der Waals surface area contributed by atoms with E-state index in [2.05, 4.69) is 35.1 Å². The van der Waals surface area contributed by atoms with Gasteiger partial charge in [-0.1, -0.05) is 13.8 Å². The van der Waals surface area contributed by atoms with Crippen LogP contribution in [0.5, 0.6) is 5.75 Å². The number of nitrogens with one attached hydrogen (secondary N) is 1. The molecule has 0 aliphatic rings. The van der Waals surface area contributed by atoms with E-state index in [0.717, 1.165) is 6.42 Å². The maximum atomic E-state index is 11.5.